The molecule has 1 saturated heterocycles. The molecule has 2 aromatic rings. The zero-order valence-corrected chi connectivity index (χ0v) is 17.1. The fourth-order valence-electron chi connectivity index (χ4n) is 2.78. The fraction of sp³-hybridized carbons (Fsp3) is 0.238. The molecule has 4 nitrogen and oxygen atoms in total. The topological polar surface area (TPSA) is 38.8 Å². The van der Waals surface area contributed by atoms with Gasteiger partial charge in [-0.1, -0.05) is 60.4 Å². The standard InChI is InChI=1S/C21H21NO3S2/c1-4-22-20(23)19(27-21(22)26)13-15-10-11-17(18(12-15)24-3)25-14(2)16-8-6-5-7-9-16/h5-14H,4H2,1-3H3/b19-13-. The molecular formula is C21H21NO3S2. The second-order valence-corrected chi connectivity index (χ2v) is 7.68. The number of carbonyl (C=O) groups is 1. The molecule has 0 radical (unpaired) electrons. The Bertz CT molecular complexity index is 880. The van der Waals surface area contributed by atoms with Gasteiger partial charge >= 0.3 is 0 Å². The first-order valence-corrected chi connectivity index (χ1v) is 9.91. The minimum Gasteiger partial charge on any atom is -0.493 e. The lowest BCUT2D eigenvalue weighted by atomic mass is 10.1. The normalized spacial score (nSPS) is 16.7. The number of amides is 1. The van der Waals surface area contributed by atoms with Crippen LogP contribution < -0.4 is 9.47 Å². The van der Waals surface area contributed by atoms with Gasteiger partial charge in [-0.15, -0.1) is 0 Å². The van der Waals surface area contributed by atoms with Crippen molar-refractivity contribution in [2.24, 2.45) is 0 Å². The molecule has 1 unspecified atom stereocenters. The highest BCUT2D eigenvalue weighted by atomic mass is 32.2. The molecule has 1 aliphatic rings. The van der Waals surface area contributed by atoms with E-state index in [2.05, 4.69) is 0 Å². The van der Waals surface area contributed by atoms with Crippen LogP contribution in [0.15, 0.2) is 53.4 Å². The maximum absolute atomic E-state index is 12.4. The van der Waals surface area contributed by atoms with Crippen molar-refractivity contribution < 1.29 is 14.3 Å². The smallest absolute Gasteiger partial charge is 0.266 e. The van der Waals surface area contributed by atoms with Gasteiger partial charge in [0.05, 0.1) is 12.0 Å². The molecular weight excluding hydrogens is 378 g/mol. The van der Waals surface area contributed by atoms with E-state index in [1.165, 1.54) is 11.8 Å². The molecule has 0 saturated carbocycles. The van der Waals surface area contributed by atoms with Crippen molar-refractivity contribution in [2.45, 2.75) is 20.0 Å². The van der Waals surface area contributed by atoms with E-state index in [9.17, 15) is 4.79 Å². The summed E-state index contributed by atoms with van der Waals surface area (Å²) < 4.78 is 12.2. The molecule has 0 aromatic heterocycles. The summed E-state index contributed by atoms with van der Waals surface area (Å²) >= 11 is 6.58. The molecule has 140 valence electrons. The molecule has 0 spiro atoms. The lowest BCUT2D eigenvalue weighted by Crippen LogP contribution is -2.27. The van der Waals surface area contributed by atoms with E-state index in [4.69, 9.17) is 21.7 Å². The second-order valence-electron chi connectivity index (χ2n) is 6.01. The number of methoxy groups -OCH3 is 1. The monoisotopic (exact) mass is 399 g/mol. The number of likely N-dealkylation sites (N-methyl/N-ethyl adjacent to an activating group) is 1. The number of hydrogen-bond acceptors (Lipinski definition) is 5. The third-order valence-corrected chi connectivity index (χ3v) is 5.63. The van der Waals surface area contributed by atoms with E-state index in [1.54, 1.807) is 12.0 Å². The third-order valence-electron chi connectivity index (χ3n) is 4.25. The number of nitrogens with zero attached hydrogens (tertiary/aromatic N) is 1. The molecule has 0 bridgehead atoms. The zero-order chi connectivity index (χ0) is 19.4. The molecule has 1 fully saturated rings. The molecule has 2 aromatic carbocycles. The highest BCUT2D eigenvalue weighted by Gasteiger charge is 2.30. The van der Waals surface area contributed by atoms with Crippen molar-refractivity contribution >= 4 is 40.3 Å². The molecule has 27 heavy (non-hydrogen) atoms. The zero-order valence-electron chi connectivity index (χ0n) is 15.5. The average molecular weight is 400 g/mol. The quantitative estimate of drug-likeness (QED) is 0.502. The summed E-state index contributed by atoms with van der Waals surface area (Å²) in [6, 6.07) is 15.7. The summed E-state index contributed by atoms with van der Waals surface area (Å²) in [5.41, 5.74) is 1.95. The summed E-state index contributed by atoms with van der Waals surface area (Å²) in [6.45, 7) is 4.49. The van der Waals surface area contributed by atoms with Gasteiger partial charge in [-0.25, -0.2) is 0 Å². The van der Waals surface area contributed by atoms with E-state index in [0.29, 0.717) is 27.3 Å². The highest BCUT2D eigenvalue weighted by molar-refractivity contribution is 8.26. The molecule has 1 amide bonds. The Morgan fingerprint density at radius 2 is 1.93 bits per heavy atom. The van der Waals surface area contributed by atoms with Gasteiger partial charge in [-0.05, 0) is 43.2 Å². The van der Waals surface area contributed by atoms with Gasteiger partial charge in [0.15, 0.2) is 11.5 Å². The van der Waals surface area contributed by atoms with Crippen molar-refractivity contribution in [3.8, 4) is 11.5 Å². The van der Waals surface area contributed by atoms with Crippen LogP contribution in [-0.4, -0.2) is 28.8 Å². The largest absolute Gasteiger partial charge is 0.493 e. The highest BCUT2D eigenvalue weighted by Crippen LogP contribution is 2.35. The Morgan fingerprint density at radius 1 is 1.19 bits per heavy atom. The second kappa shape index (κ2) is 8.59. The number of rotatable bonds is 6. The van der Waals surface area contributed by atoms with E-state index in [1.807, 2.05) is 68.5 Å². The summed E-state index contributed by atoms with van der Waals surface area (Å²) in [4.78, 5) is 14.6. The SMILES string of the molecule is CCN1C(=O)/C(=C/c2ccc(OC(C)c3ccccc3)c(OC)c2)SC1=S. The lowest BCUT2D eigenvalue weighted by molar-refractivity contribution is -0.121. The van der Waals surface area contributed by atoms with E-state index in [-0.39, 0.29) is 12.0 Å². The molecule has 6 heteroatoms. The average Bonchev–Trinajstić information content (AvgIpc) is 2.96. The van der Waals surface area contributed by atoms with Gasteiger partial charge in [0.1, 0.15) is 10.4 Å². The predicted octanol–water partition coefficient (Wildman–Crippen LogP) is 5.06. The van der Waals surface area contributed by atoms with Crippen LogP contribution in [0.4, 0.5) is 0 Å². The summed E-state index contributed by atoms with van der Waals surface area (Å²) in [5, 5.41) is 0. The van der Waals surface area contributed by atoms with Crippen LogP contribution in [-0.2, 0) is 4.79 Å². The fourth-order valence-corrected chi connectivity index (χ4v) is 4.16. The molecule has 1 aliphatic heterocycles. The van der Waals surface area contributed by atoms with Gasteiger partial charge in [0.2, 0.25) is 0 Å². The first-order chi connectivity index (χ1) is 13.0. The molecule has 0 aliphatic carbocycles. The van der Waals surface area contributed by atoms with Gasteiger partial charge in [0.25, 0.3) is 5.91 Å². The number of ether oxygens (including phenoxy) is 2. The molecule has 3 rings (SSSR count). The van der Waals surface area contributed by atoms with Crippen LogP contribution in [0.1, 0.15) is 31.1 Å². The van der Waals surface area contributed by atoms with Crippen molar-refractivity contribution in [1.82, 2.24) is 4.90 Å². The Hall–Kier alpha value is -2.31. The predicted molar refractivity (Wildman–Crippen MR) is 114 cm³/mol. The van der Waals surface area contributed by atoms with Crippen LogP contribution in [0.25, 0.3) is 6.08 Å². The van der Waals surface area contributed by atoms with Gasteiger partial charge in [-0.3, -0.25) is 9.69 Å². The van der Waals surface area contributed by atoms with Crippen LogP contribution in [0, 0.1) is 0 Å². The number of thiocarbonyl (C=S) groups is 1. The molecule has 1 heterocycles. The van der Waals surface area contributed by atoms with E-state index < -0.39 is 0 Å². The van der Waals surface area contributed by atoms with Crippen molar-refractivity contribution in [3.63, 3.8) is 0 Å². The molecule has 0 N–H and O–H groups in total. The Kier molecular flexibility index (Phi) is 6.19. The Morgan fingerprint density at radius 3 is 2.56 bits per heavy atom. The third kappa shape index (κ3) is 4.34. The van der Waals surface area contributed by atoms with E-state index >= 15 is 0 Å². The number of thioether (sulfide) groups is 1. The maximum Gasteiger partial charge on any atom is 0.266 e. The lowest BCUT2D eigenvalue weighted by Gasteiger charge is -2.17. The van der Waals surface area contributed by atoms with Crippen molar-refractivity contribution in [1.29, 1.82) is 0 Å². The Labute approximate surface area is 169 Å². The van der Waals surface area contributed by atoms with Gasteiger partial charge in [0, 0.05) is 6.54 Å². The van der Waals surface area contributed by atoms with Gasteiger partial charge in [-0.2, -0.15) is 0 Å². The van der Waals surface area contributed by atoms with Crippen molar-refractivity contribution in [2.75, 3.05) is 13.7 Å². The summed E-state index contributed by atoms with van der Waals surface area (Å²) in [5.74, 6) is 1.23. The number of hydrogen-bond donors (Lipinski definition) is 0. The van der Waals surface area contributed by atoms with Crippen LogP contribution in [0.5, 0.6) is 11.5 Å². The van der Waals surface area contributed by atoms with Crippen molar-refractivity contribution in [3.05, 3.63) is 64.6 Å². The van der Waals surface area contributed by atoms with Crippen LogP contribution in [0.2, 0.25) is 0 Å². The number of carbonyl (C=O) groups excluding carboxylic acids is 1. The minimum atomic E-state index is -0.105. The summed E-state index contributed by atoms with van der Waals surface area (Å²) in [6.07, 6.45) is 1.73. The Balaban J connectivity index is 1.82. The minimum absolute atomic E-state index is 0.0514. The number of benzene rings is 2. The van der Waals surface area contributed by atoms with Gasteiger partial charge < -0.3 is 9.47 Å². The first-order valence-electron chi connectivity index (χ1n) is 8.68. The van der Waals surface area contributed by atoms with E-state index in [0.717, 1.165) is 11.1 Å². The summed E-state index contributed by atoms with van der Waals surface area (Å²) in [7, 11) is 1.61. The first kappa shape index (κ1) is 19.5. The van der Waals surface area contributed by atoms with Crippen LogP contribution >= 0.6 is 24.0 Å². The molecule has 1 atom stereocenters. The van der Waals surface area contributed by atoms with Crippen LogP contribution in [0.3, 0.4) is 0 Å². The maximum atomic E-state index is 12.4.